The summed E-state index contributed by atoms with van der Waals surface area (Å²) in [4.78, 5) is 0. The maximum absolute atomic E-state index is 6.03. The number of halogens is 1. The summed E-state index contributed by atoms with van der Waals surface area (Å²) in [6, 6.07) is 7.99. The summed E-state index contributed by atoms with van der Waals surface area (Å²) >= 11 is 6.03. The minimum Gasteiger partial charge on any atom is -0.364 e. The fourth-order valence-corrected chi connectivity index (χ4v) is 2.01. The Labute approximate surface area is 112 Å². The third-order valence-corrected chi connectivity index (χ3v) is 3.12. The quantitative estimate of drug-likeness (QED) is 0.854. The Morgan fingerprint density at radius 3 is 2.72 bits per heavy atom. The van der Waals surface area contributed by atoms with E-state index in [2.05, 4.69) is 28.4 Å². The van der Waals surface area contributed by atoms with Gasteiger partial charge in [-0.2, -0.15) is 0 Å². The molecule has 0 fully saturated rings. The number of terminal acetylenes is 1. The van der Waals surface area contributed by atoms with Crippen LogP contribution in [0.25, 0.3) is 10.8 Å². The maximum Gasteiger partial charge on any atom is 0.159 e. The molecule has 18 heavy (non-hydrogen) atoms. The first-order valence-electron chi connectivity index (χ1n) is 5.87. The third kappa shape index (κ3) is 2.55. The van der Waals surface area contributed by atoms with E-state index in [0.29, 0.717) is 11.6 Å². The van der Waals surface area contributed by atoms with Crippen molar-refractivity contribution in [2.24, 2.45) is 0 Å². The molecule has 0 saturated heterocycles. The molecule has 1 unspecified atom stereocenters. The Morgan fingerprint density at radius 1 is 1.33 bits per heavy atom. The molecule has 3 nitrogen and oxygen atoms in total. The summed E-state index contributed by atoms with van der Waals surface area (Å²) in [6.45, 7) is 2.08. The Morgan fingerprint density at radius 2 is 2.06 bits per heavy atom. The van der Waals surface area contributed by atoms with Gasteiger partial charge in [-0.15, -0.1) is 22.5 Å². The van der Waals surface area contributed by atoms with E-state index < -0.39 is 0 Å². The van der Waals surface area contributed by atoms with Gasteiger partial charge in [0.2, 0.25) is 0 Å². The Bertz CT molecular complexity index is 589. The second-order valence-electron chi connectivity index (χ2n) is 4.04. The van der Waals surface area contributed by atoms with E-state index >= 15 is 0 Å². The van der Waals surface area contributed by atoms with E-state index in [1.807, 2.05) is 24.3 Å². The van der Waals surface area contributed by atoms with Gasteiger partial charge in [-0.05, 0) is 6.42 Å². The van der Waals surface area contributed by atoms with Crippen molar-refractivity contribution >= 4 is 28.2 Å². The van der Waals surface area contributed by atoms with E-state index in [0.717, 1.165) is 23.0 Å². The highest BCUT2D eigenvalue weighted by molar-refractivity contribution is 6.34. The number of hydrogen-bond donors (Lipinski definition) is 1. The lowest BCUT2D eigenvalue weighted by Crippen LogP contribution is -2.19. The fourth-order valence-electron chi connectivity index (χ4n) is 1.81. The van der Waals surface area contributed by atoms with Gasteiger partial charge >= 0.3 is 0 Å². The first-order valence-corrected chi connectivity index (χ1v) is 6.25. The molecule has 1 heterocycles. The van der Waals surface area contributed by atoms with Crippen LogP contribution < -0.4 is 5.32 Å². The van der Waals surface area contributed by atoms with Gasteiger partial charge < -0.3 is 5.32 Å². The lowest BCUT2D eigenvalue weighted by molar-refractivity contribution is 0.710. The number of nitrogens with zero attached hydrogens (tertiary/aromatic N) is 2. The van der Waals surface area contributed by atoms with Crippen molar-refractivity contribution < 1.29 is 0 Å². The number of anilines is 1. The van der Waals surface area contributed by atoms with Gasteiger partial charge in [0.25, 0.3) is 0 Å². The molecule has 0 amide bonds. The predicted molar refractivity (Wildman–Crippen MR) is 75.7 cm³/mol. The summed E-state index contributed by atoms with van der Waals surface area (Å²) in [5, 5.41) is 13.7. The largest absolute Gasteiger partial charge is 0.364 e. The first-order chi connectivity index (χ1) is 8.76. The summed E-state index contributed by atoms with van der Waals surface area (Å²) in [5.41, 5.74) is 0. The Balaban J connectivity index is 2.40. The van der Waals surface area contributed by atoms with Crippen LogP contribution in [0.2, 0.25) is 5.15 Å². The van der Waals surface area contributed by atoms with Crippen molar-refractivity contribution in [3.63, 3.8) is 0 Å². The smallest absolute Gasteiger partial charge is 0.159 e. The van der Waals surface area contributed by atoms with Crippen molar-refractivity contribution in [1.29, 1.82) is 0 Å². The minimum absolute atomic E-state index is 0.203. The molecule has 0 radical (unpaired) electrons. The van der Waals surface area contributed by atoms with E-state index in [9.17, 15) is 0 Å². The summed E-state index contributed by atoms with van der Waals surface area (Å²) in [7, 11) is 0. The zero-order valence-corrected chi connectivity index (χ0v) is 10.9. The first kappa shape index (κ1) is 12.7. The minimum atomic E-state index is 0.203. The van der Waals surface area contributed by atoms with Gasteiger partial charge in [-0.1, -0.05) is 42.8 Å². The number of hydrogen-bond acceptors (Lipinski definition) is 3. The number of rotatable bonds is 4. The van der Waals surface area contributed by atoms with Crippen molar-refractivity contribution in [2.45, 2.75) is 25.8 Å². The molecule has 0 aliphatic heterocycles. The number of fused-ring (bicyclic) bond motifs is 1. The molecule has 1 aromatic carbocycles. The zero-order valence-electron chi connectivity index (χ0n) is 10.2. The Kier molecular flexibility index (Phi) is 4.01. The number of aromatic nitrogens is 2. The standard InChI is InChI=1S/C14H14ClN3/c1-3-7-10(4-2)16-14-12-9-6-5-8-11(12)13(15)17-18-14/h1,5-6,8-10H,4,7H2,2H3,(H,16,18). The third-order valence-electron chi connectivity index (χ3n) is 2.84. The second-order valence-corrected chi connectivity index (χ2v) is 4.40. The normalized spacial score (nSPS) is 12.1. The van der Waals surface area contributed by atoms with Crippen molar-refractivity contribution in [1.82, 2.24) is 10.2 Å². The molecule has 0 spiro atoms. The molecular weight excluding hydrogens is 246 g/mol. The highest BCUT2D eigenvalue weighted by Gasteiger charge is 2.10. The zero-order chi connectivity index (χ0) is 13.0. The highest BCUT2D eigenvalue weighted by Crippen LogP contribution is 2.26. The van der Waals surface area contributed by atoms with Crippen LogP contribution in [0, 0.1) is 12.3 Å². The monoisotopic (exact) mass is 259 g/mol. The molecular formula is C14H14ClN3. The topological polar surface area (TPSA) is 37.8 Å². The molecule has 2 rings (SSSR count). The second kappa shape index (κ2) is 5.70. The SMILES string of the molecule is C#CCC(CC)Nc1nnc(Cl)c2ccccc12. The van der Waals surface area contributed by atoms with E-state index in [4.69, 9.17) is 18.0 Å². The molecule has 0 aliphatic carbocycles. The van der Waals surface area contributed by atoms with Crippen molar-refractivity contribution in [2.75, 3.05) is 5.32 Å². The number of benzene rings is 1. The summed E-state index contributed by atoms with van der Waals surface area (Å²) < 4.78 is 0. The van der Waals surface area contributed by atoms with Gasteiger partial charge in [0.15, 0.2) is 11.0 Å². The lowest BCUT2D eigenvalue weighted by Gasteiger charge is -2.16. The molecule has 1 atom stereocenters. The molecule has 4 heteroatoms. The molecule has 0 bridgehead atoms. The average Bonchev–Trinajstić information content (AvgIpc) is 2.41. The predicted octanol–water partition coefficient (Wildman–Crippen LogP) is 3.50. The highest BCUT2D eigenvalue weighted by atomic mass is 35.5. The van der Waals surface area contributed by atoms with Crippen molar-refractivity contribution in [3.8, 4) is 12.3 Å². The number of nitrogens with one attached hydrogen (secondary N) is 1. The molecule has 2 aromatic rings. The van der Waals surface area contributed by atoms with Crippen LogP contribution in [-0.4, -0.2) is 16.2 Å². The molecule has 92 valence electrons. The molecule has 1 N–H and O–H groups in total. The van der Waals surface area contributed by atoms with E-state index in [1.54, 1.807) is 0 Å². The van der Waals surface area contributed by atoms with Gasteiger partial charge in [0, 0.05) is 23.2 Å². The van der Waals surface area contributed by atoms with Crippen LogP contribution in [0.4, 0.5) is 5.82 Å². The average molecular weight is 260 g/mol. The van der Waals surface area contributed by atoms with Crippen LogP contribution >= 0.6 is 11.6 Å². The van der Waals surface area contributed by atoms with Crippen molar-refractivity contribution in [3.05, 3.63) is 29.4 Å². The van der Waals surface area contributed by atoms with E-state index in [1.165, 1.54) is 0 Å². The lowest BCUT2D eigenvalue weighted by atomic mass is 10.1. The molecule has 0 saturated carbocycles. The van der Waals surface area contributed by atoms with Crippen LogP contribution in [0.5, 0.6) is 0 Å². The Hall–Kier alpha value is -1.79. The fraction of sp³-hybridized carbons (Fsp3) is 0.286. The maximum atomic E-state index is 6.03. The molecule has 1 aromatic heterocycles. The van der Waals surface area contributed by atoms with E-state index in [-0.39, 0.29) is 6.04 Å². The van der Waals surface area contributed by atoms with Gasteiger partial charge in [-0.25, -0.2) is 0 Å². The molecule has 0 aliphatic rings. The van der Waals surface area contributed by atoms with Crippen LogP contribution in [0.1, 0.15) is 19.8 Å². The summed E-state index contributed by atoms with van der Waals surface area (Å²) in [6.07, 6.45) is 6.94. The van der Waals surface area contributed by atoms with Crippen LogP contribution in [-0.2, 0) is 0 Å². The van der Waals surface area contributed by atoms with Crippen LogP contribution in [0.15, 0.2) is 24.3 Å². The van der Waals surface area contributed by atoms with Gasteiger partial charge in [0.1, 0.15) is 0 Å². The summed E-state index contributed by atoms with van der Waals surface area (Å²) in [5.74, 6) is 3.40. The van der Waals surface area contributed by atoms with Gasteiger partial charge in [0.05, 0.1) is 0 Å². The van der Waals surface area contributed by atoms with Gasteiger partial charge in [-0.3, -0.25) is 0 Å². The van der Waals surface area contributed by atoms with Crippen LogP contribution in [0.3, 0.4) is 0 Å².